The highest BCUT2D eigenvalue weighted by molar-refractivity contribution is 4.96. The first-order valence-corrected chi connectivity index (χ1v) is 6.34. The van der Waals surface area contributed by atoms with Crippen LogP contribution in [-0.4, -0.2) is 11.2 Å². The van der Waals surface area contributed by atoms with Crippen molar-refractivity contribution in [2.24, 2.45) is 11.8 Å². The first-order valence-electron chi connectivity index (χ1n) is 6.34. The van der Waals surface area contributed by atoms with E-state index in [1.165, 1.54) is 19.3 Å². The first-order chi connectivity index (χ1) is 7.27. The summed E-state index contributed by atoms with van der Waals surface area (Å²) in [4.78, 5) is 0. The number of hydrogen-bond donors (Lipinski definition) is 2. The van der Waals surface area contributed by atoms with E-state index in [0.29, 0.717) is 0 Å². The Bertz CT molecular complexity index is 191. The molecule has 1 aliphatic carbocycles. The zero-order valence-electron chi connectivity index (χ0n) is 10.1. The summed E-state index contributed by atoms with van der Waals surface area (Å²) in [5.74, 6) is 1.54. The van der Waals surface area contributed by atoms with Crippen molar-refractivity contribution in [1.82, 2.24) is 5.48 Å². The smallest absolute Gasteiger partial charge is 0.0319 e. The first kappa shape index (κ1) is 12.7. The van der Waals surface area contributed by atoms with Crippen LogP contribution in [0.5, 0.6) is 0 Å². The maximum absolute atomic E-state index is 8.98. The second kappa shape index (κ2) is 7.02. The van der Waals surface area contributed by atoms with Gasteiger partial charge in [-0.25, -0.2) is 5.48 Å². The van der Waals surface area contributed by atoms with E-state index in [4.69, 9.17) is 5.21 Å². The van der Waals surface area contributed by atoms with E-state index in [1.807, 2.05) is 0 Å². The molecule has 15 heavy (non-hydrogen) atoms. The summed E-state index contributed by atoms with van der Waals surface area (Å²) < 4.78 is 0. The topological polar surface area (TPSA) is 32.3 Å². The molecule has 0 heterocycles. The third-order valence-corrected chi connectivity index (χ3v) is 3.57. The average molecular weight is 211 g/mol. The minimum atomic E-state index is 0.289. The van der Waals surface area contributed by atoms with Gasteiger partial charge in [-0.3, -0.25) is 0 Å². The summed E-state index contributed by atoms with van der Waals surface area (Å²) in [6, 6.07) is 0.289. The zero-order chi connectivity index (χ0) is 11.1. The molecule has 0 fully saturated rings. The summed E-state index contributed by atoms with van der Waals surface area (Å²) in [5, 5.41) is 8.98. The van der Waals surface area contributed by atoms with E-state index in [0.717, 1.165) is 31.1 Å². The highest BCUT2D eigenvalue weighted by atomic mass is 16.5. The Labute approximate surface area is 93.7 Å². The van der Waals surface area contributed by atoms with Gasteiger partial charge in [-0.2, -0.15) is 0 Å². The van der Waals surface area contributed by atoms with Crippen molar-refractivity contribution in [2.75, 3.05) is 0 Å². The van der Waals surface area contributed by atoms with Crippen molar-refractivity contribution < 1.29 is 5.21 Å². The molecule has 0 aromatic carbocycles. The summed E-state index contributed by atoms with van der Waals surface area (Å²) in [7, 11) is 0. The van der Waals surface area contributed by atoms with Crippen molar-refractivity contribution in [3.63, 3.8) is 0 Å². The monoisotopic (exact) mass is 211 g/mol. The molecule has 0 aromatic rings. The molecule has 0 aromatic heterocycles. The Kier molecular flexibility index (Phi) is 5.96. The zero-order valence-corrected chi connectivity index (χ0v) is 10.1. The van der Waals surface area contributed by atoms with E-state index in [2.05, 4.69) is 31.5 Å². The Morgan fingerprint density at radius 1 is 1.47 bits per heavy atom. The van der Waals surface area contributed by atoms with Gasteiger partial charge in [-0.1, -0.05) is 32.4 Å². The summed E-state index contributed by atoms with van der Waals surface area (Å²) in [6.07, 6.45) is 11.7. The summed E-state index contributed by atoms with van der Waals surface area (Å²) in [5.41, 5.74) is 2.43. The van der Waals surface area contributed by atoms with Crippen LogP contribution in [0.15, 0.2) is 12.2 Å². The van der Waals surface area contributed by atoms with Crippen molar-refractivity contribution in [2.45, 2.75) is 58.4 Å². The Hall–Kier alpha value is -0.340. The molecule has 1 aliphatic rings. The number of hydrogen-bond acceptors (Lipinski definition) is 2. The van der Waals surface area contributed by atoms with Crippen molar-refractivity contribution in [3.05, 3.63) is 12.2 Å². The number of nitrogens with one attached hydrogen (secondary N) is 1. The van der Waals surface area contributed by atoms with Crippen LogP contribution in [0.4, 0.5) is 0 Å². The lowest BCUT2D eigenvalue weighted by Crippen LogP contribution is -2.27. The molecule has 0 saturated carbocycles. The van der Waals surface area contributed by atoms with Gasteiger partial charge in [0.25, 0.3) is 0 Å². The molecular weight excluding hydrogens is 186 g/mol. The molecule has 2 nitrogen and oxygen atoms in total. The molecule has 1 unspecified atom stereocenters. The van der Waals surface area contributed by atoms with E-state index >= 15 is 0 Å². The molecule has 0 amide bonds. The molecule has 0 saturated heterocycles. The fraction of sp³-hybridized carbons (Fsp3) is 0.846. The lowest BCUT2D eigenvalue weighted by Gasteiger charge is -2.25. The van der Waals surface area contributed by atoms with Crippen LogP contribution in [0.3, 0.4) is 0 Å². The van der Waals surface area contributed by atoms with Crippen LogP contribution >= 0.6 is 0 Å². The normalized spacial score (nSPS) is 27.9. The Morgan fingerprint density at radius 2 is 2.27 bits per heavy atom. The van der Waals surface area contributed by atoms with Gasteiger partial charge in [0.1, 0.15) is 0 Å². The van der Waals surface area contributed by atoms with E-state index in [1.54, 1.807) is 0 Å². The van der Waals surface area contributed by atoms with Gasteiger partial charge >= 0.3 is 0 Å². The van der Waals surface area contributed by atoms with Crippen molar-refractivity contribution >= 4 is 0 Å². The van der Waals surface area contributed by atoms with Gasteiger partial charge in [-0.15, -0.1) is 0 Å². The highest BCUT2D eigenvalue weighted by Crippen LogP contribution is 2.28. The van der Waals surface area contributed by atoms with E-state index in [-0.39, 0.29) is 6.04 Å². The summed E-state index contributed by atoms with van der Waals surface area (Å²) >= 11 is 0. The van der Waals surface area contributed by atoms with Gasteiger partial charge in [0, 0.05) is 6.04 Å². The maximum atomic E-state index is 8.98. The standard InChI is InChI=1S/C13H25NO/c1-3-6-13(14-15)10-9-12-8-5-4-7-11(12)2/h5,8,11-15H,3-4,6-7,9-10H2,1-2H3/t11-,12?,13+/m1/s1. The van der Waals surface area contributed by atoms with Gasteiger partial charge in [0.15, 0.2) is 0 Å². The predicted molar refractivity (Wildman–Crippen MR) is 63.9 cm³/mol. The SMILES string of the molecule is CCC[C@@H](CCC1C=CCC[C@H]1C)NO. The fourth-order valence-corrected chi connectivity index (χ4v) is 2.43. The average Bonchev–Trinajstić information content (AvgIpc) is 2.26. The van der Waals surface area contributed by atoms with Gasteiger partial charge in [-0.05, 0) is 43.9 Å². The Balaban J connectivity index is 2.27. The molecular formula is C13H25NO. The van der Waals surface area contributed by atoms with Gasteiger partial charge in [0.05, 0.1) is 0 Å². The van der Waals surface area contributed by atoms with Crippen molar-refractivity contribution in [1.29, 1.82) is 0 Å². The second-order valence-electron chi connectivity index (χ2n) is 4.84. The number of allylic oxidation sites excluding steroid dienone is 2. The Morgan fingerprint density at radius 3 is 2.87 bits per heavy atom. The summed E-state index contributed by atoms with van der Waals surface area (Å²) in [6.45, 7) is 4.50. The predicted octanol–water partition coefficient (Wildman–Crippen LogP) is 3.52. The fourth-order valence-electron chi connectivity index (χ4n) is 2.43. The molecule has 0 bridgehead atoms. The molecule has 0 spiro atoms. The molecule has 0 radical (unpaired) electrons. The quantitative estimate of drug-likeness (QED) is 0.520. The minimum absolute atomic E-state index is 0.289. The van der Waals surface area contributed by atoms with Crippen LogP contribution < -0.4 is 5.48 Å². The van der Waals surface area contributed by atoms with Gasteiger partial charge < -0.3 is 5.21 Å². The number of hydroxylamine groups is 1. The lowest BCUT2D eigenvalue weighted by atomic mass is 9.81. The molecule has 0 aliphatic heterocycles. The molecule has 1 rings (SSSR count). The minimum Gasteiger partial charge on any atom is -0.317 e. The lowest BCUT2D eigenvalue weighted by molar-refractivity contribution is 0.112. The maximum Gasteiger partial charge on any atom is 0.0319 e. The third-order valence-electron chi connectivity index (χ3n) is 3.57. The molecule has 2 heteroatoms. The van der Waals surface area contributed by atoms with Crippen LogP contribution in [0.2, 0.25) is 0 Å². The highest BCUT2D eigenvalue weighted by Gasteiger charge is 2.18. The third kappa shape index (κ3) is 4.35. The molecule has 88 valence electrons. The van der Waals surface area contributed by atoms with E-state index < -0.39 is 0 Å². The molecule has 2 N–H and O–H groups in total. The largest absolute Gasteiger partial charge is 0.317 e. The second-order valence-corrected chi connectivity index (χ2v) is 4.84. The van der Waals surface area contributed by atoms with Crippen LogP contribution in [-0.2, 0) is 0 Å². The van der Waals surface area contributed by atoms with Crippen LogP contribution in [0.25, 0.3) is 0 Å². The van der Waals surface area contributed by atoms with Gasteiger partial charge in [0.2, 0.25) is 0 Å². The van der Waals surface area contributed by atoms with Crippen LogP contribution in [0, 0.1) is 11.8 Å². The molecule has 3 atom stereocenters. The number of rotatable bonds is 6. The van der Waals surface area contributed by atoms with Crippen molar-refractivity contribution in [3.8, 4) is 0 Å². The van der Waals surface area contributed by atoms with E-state index in [9.17, 15) is 0 Å². The van der Waals surface area contributed by atoms with Crippen LogP contribution in [0.1, 0.15) is 52.4 Å².